The predicted molar refractivity (Wildman–Crippen MR) is 118 cm³/mol. The van der Waals surface area contributed by atoms with Crippen molar-refractivity contribution in [1.82, 2.24) is 4.72 Å². The molecular formula is C20H25ClN2O4S2. The molecular weight excluding hydrogens is 432 g/mol. The minimum absolute atomic E-state index is 0.0642. The Bertz CT molecular complexity index is 1020. The van der Waals surface area contributed by atoms with Crippen molar-refractivity contribution in [3.05, 3.63) is 52.5 Å². The number of anilines is 1. The lowest BCUT2D eigenvalue weighted by Gasteiger charge is -2.21. The van der Waals surface area contributed by atoms with Gasteiger partial charge in [0.25, 0.3) is 10.0 Å². The van der Waals surface area contributed by atoms with Gasteiger partial charge in [-0.3, -0.25) is 4.21 Å². The number of urea groups is 1. The Balaban J connectivity index is 2.36. The monoisotopic (exact) mass is 456 g/mol. The molecule has 0 aromatic heterocycles. The molecule has 0 fully saturated rings. The lowest BCUT2D eigenvalue weighted by atomic mass is 9.92. The lowest BCUT2D eigenvalue weighted by molar-refractivity contribution is 0.256. The molecule has 1 atom stereocenters. The number of halogens is 1. The number of nitrogens with one attached hydrogen (secondary N) is 2. The molecule has 0 heterocycles. The van der Waals surface area contributed by atoms with E-state index in [1.165, 1.54) is 24.5 Å². The number of hydrogen-bond donors (Lipinski definition) is 2. The van der Waals surface area contributed by atoms with Crippen molar-refractivity contribution in [2.24, 2.45) is 0 Å². The maximum absolute atomic E-state index is 12.6. The first kappa shape index (κ1) is 23.4. The minimum atomic E-state index is -4.13. The highest BCUT2D eigenvalue weighted by molar-refractivity contribution is 7.90. The molecule has 158 valence electrons. The molecule has 1 unspecified atom stereocenters. The fourth-order valence-electron chi connectivity index (χ4n) is 2.84. The smallest absolute Gasteiger partial charge is 0.307 e. The van der Waals surface area contributed by atoms with Crippen LogP contribution in [-0.2, 0) is 20.8 Å². The maximum Gasteiger partial charge on any atom is 0.333 e. The van der Waals surface area contributed by atoms with Gasteiger partial charge in [-0.25, -0.2) is 17.9 Å². The predicted octanol–water partition coefficient (Wildman–Crippen LogP) is 4.83. The summed E-state index contributed by atoms with van der Waals surface area (Å²) >= 11 is 6.22. The summed E-state index contributed by atoms with van der Waals surface area (Å²) in [4.78, 5) is 12.8. The van der Waals surface area contributed by atoms with Crippen LogP contribution >= 0.6 is 11.6 Å². The van der Waals surface area contributed by atoms with Gasteiger partial charge in [-0.05, 0) is 53.3 Å². The van der Waals surface area contributed by atoms with E-state index in [1.807, 2.05) is 32.4 Å². The summed E-state index contributed by atoms with van der Waals surface area (Å²) in [6, 6.07) is 8.33. The highest BCUT2D eigenvalue weighted by atomic mass is 35.5. The topological polar surface area (TPSA) is 92.3 Å². The third-order valence-corrected chi connectivity index (χ3v) is 6.79. The van der Waals surface area contributed by atoms with Gasteiger partial charge in [0.1, 0.15) is 0 Å². The second-order valence-corrected chi connectivity index (χ2v) is 10.8. The third-order valence-electron chi connectivity index (χ3n) is 4.32. The van der Waals surface area contributed by atoms with Crippen molar-refractivity contribution >= 4 is 44.1 Å². The molecule has 9 heteroatoms. The van der Waals surface area contributed by atoms with Crippen LogP contribution in [0.4, 0.5) is 10.5 Å². The van der Waals surface area contributed by atoms with Crippen molar-refractivity contribution in [2.45, 2.75) is 49.3 Å². The van der Waals surface area contributed by atoms with E-state index in [-0.39, 0.29) is 16.7 Å². The first-order valence-corrected chi connectivity index (χ1v) is 12.4. The molecule has 2 N–H and O–H groups in total. The third kappa shape index (κ3) is 5.81. The van der Waals surface area contributed by atoms with Gasteiger partial charge in [-0.15, -0.1) is 0 Å². The van der Waals surface area contributed by atoms with E-state index in [0.717, 1.165) is 11.1 Å². The van der Waals surface area contributed by atoms with Crippen molar-refractivity contribution in [3.63, 3.8) is 0 Å². The van der Waals surface area contributed by atoms with Gasteiger partial charge in [0.05, 0.1) is 4.90 Å². The molecule has 0 spiro atoms. The summed E-state index contributed by atoms with van der Waals surface area (Å²) in [6.07, 6.45) is 1.45. The summed E-state index contributed by atoms with van der Waals surface area (Å²) in [6.45, 7) is 7.86. The SMILES string of the molecule is CC(C)c1cc(Cl)cc(C(C)C)c1NC(=O)NS(=O)(=O)c1cccc(S(C)=O)c1. The van der Waals surface area contributed by atoms with Gasteiger partial charge in [0.15, 0.2) is 0 Å². The van der Waals surface area contributed by atoms with Crippen LogP contribution < -0.4 is 10.0 Å². The van der Waals surface area contributed by atoms with Crippen LogP contribution in [0.25, 0.3) is 0 Å². The number of carbonyl (C=O) groups is 1. The fraction of sp³-hybridized carbons (Fsp3) is 0.350. The van der Waals surface area contributed by atoms with Crippen LogP contribution in [0, 0.1) is 0 Å². The first-order valence-electron chi connectivity index (χ1n) is 9.03. The molecule has 0 aliphatic heterocycles. The van der Waals surface area contributed by atoms with E-state index in [0.29, 0.717) is 15.6 Å². The molecule has 2 rings (SSSR count). The number of benzene rings is 2. The summed E-state index contributed by atoms with van der Waals surface area (Å²) < 4.78 is 38.9. The second-order valence-electron chi connectivity index (χ2n) is 7.26. The van der Waals surface area contributed by atoms with Gasteiger partial charge < -0.3 is 5.32 Å². The lowest BCUT2D eigenvalue weighted by Crippen LogP contribution is -2.35. The van der Waals surface area contributed by atoms with E-state index in [4.69, 9.17) is 11.6 Å². The van der Waals surface area contributed by atoms with E-state index in [1.54, 1.807) is 18.2 Å². The zero-order valence-corrected chi connectivity index (χ0v) is 19.3. The van der Waals surface area contributed by atoms with Crippen molar-refractivity contribution < 1.29 is 17.4 Å². The van der Waals surface area contributed by atoms with E-state index in [9.17, 15) is 17.4 Å². The summed E-state index contributed by atoms with van der Waals surface area (Å²) in [7, 11) is -5.48. The molecule has 0 saturated carbocycles. The Kier molecular flexibility index (Phi) is 7.48. The summed E-state index contributed by atoms with van der Waals surface area (Å²) in [5, 5.41) is 3.24. The largest absolute Gasteiger partial charge is 0.333 e. The van der Waals surface area contributed by atoms with E-state index in [2.05, 4.69) is 5.32 Å². The highest BCUT2D eigenvalue weighted by Gasteiger charge is 2.22. The zero-order chi connectivity index (χ0) is 21.9. The first-order chi connectivity index (χ1) is 13.4. The number of hydrogen-bond acceptors (Lipinski definition) is 4. The summed E-state index contributed by atoms with van der Waals surface area (Å²) in [5.74, 6) is 0.128. The number of amides is 2. The van der Waals surface area contributed by atoms with E-state index >= 15 is 0 Å². The van der Waals surface area contributed by atoms with Crippen LogP contribution in [0.1, 0.15) is 50.7 Å². The number of carbonyl (C=O) groups excluding carboxylic acids is 1. The molecule has 2 amide bonds. The standard InChI is InChI=1S/C20H25ClN2O4S2/c1-12(2)17-9-14(21)10-18(13(3)4)19(17)22-20(24)23-29(26,27)16-8-6-7-15(11-16)28(5)25/h6-13H,1-5H3,(H2,22,23,24). The van der Waals surface area contributed by atoms with Crippen molar-refractivity contribution in [1.29, 1.82) is 0 Å². The Morgan fingerprint density at radius 2 is 1.59 bits per heavy atom. The van der Waals surface area contributed by atoms with E-state index < -0.39 is 26.9 Å². The van der Waals surface area contributed by atoms with Gasteiger partial charge in [0, 0.05) is 32.7 Å². The molecule has 0 aliphatic carbocycles. The molecule has 0 bridgehead atoms. The Hall–Kier alpha value is -1.90. The fourth-order valence-corrected chi connectivity index (χ4v) is 4.67. The van der Waals surface area contributed by atoms with Gasteiger partial charge in [-0.2, -0.15) is 0 Å². The van der Waals surface area contributed by atoms with Crippen LogP contribution in [-0.4, -0.2) is 24.9 Å². The minimum Gasteiger partial charge on any atom is -0.307 e. The van der Waals surface area contributed by atoms with Gasteiger partial charge in [0.2, 0.25) is 0 Å². The van der Waals surface area contributed by atoms with Gasteiger partial charge >= 0.3 is 6.03 Å². The molecule has 0 radical (unpaired) electrons. The second kappa shape index (κ2) is 9.28. The average Bonchev–Trinajstić information content (AvgIpc) is 2.62. The maximum atomic E-state index is 12.6. The highest BCUT2D eigenvalue weighted by Crippen LogP contribution is 2.35. The van der Waals surface area contributed by atoms with Crippen LogP contribution in [0.2, 0.25) is 5.02 Å². The summed E-state index contributed by atoms with van der Waals surface area (Å²) in [5.41, 5.74) is 2.18. The quantitative estimate of drug-likeness (QED) is 0.650. The van der Waals surface area contributed by atoms with Gasteiger partial charge in [-0.1, -0.05) is 45.4 Å². The molecule has 0 aliphatic rings. The molecule has 29 heavy (non-hydrogen) atoms. The van der Waals surface area contributed by atoms with Crippen LogP contribution in [0.15, 0.2) is 46.2 Å². The molecule has 2 aromatic carbocycles. The molecule has 2 aromatic rings. The Morgan fingerprint density at radius 3 is 2.07 bits per heavy atom. The zero-order valence-electron chi connectivity index (χ0n) is 16.9. The normalized spacial score (nSPS) is 12.8. The Labute approximate surface area is 179 Å². The van der Waals surface area contributed by atoms with Crippen LogP contribution in [0.5, 0.6) is 0 Å². The Morgan fingerprint density at radius 1 is 1.03 bits per heavy atom. The van der Waals surface area contributed by atoms with Crippen LogP contribution in [0.3, 0.4) is 0 Å². The van der Waals surface area contributed by atoms with Crippen molar-refractivity contribution in [2.75, 3.05) is 11.6 Å². The number of sulfonamides is 1. The average molecular weight is 457 g/mol. The number of rotatable bonds is 6. The molecule has 0 saturated heterocycles. The molecule has 6 nitrogen and oxygen atoms in total. The van der Waals surface area contributed by atoms with Crippen molar-refractivity contribution in [3.8, 4) is 0 Å².